The van der Waals surface area contributed by atoms with Crippen molar-refractivity contribution in [1.29, 1.82) is 0 Å². The topological polar surface area (TPSA) is 123 Å². The molecule has 9 nitrogen and oxygen atoms in total. The van der Waals surface area contributed by atoms with Crippen molar-refractivity contribution in [2.75, 3.05) is 26.2 Å². The van der Waals surface area contributed by atoms with Crippen molar-refractivity contribution in [3.8, 4) is 5.69 Å². The first kappa shape index (κ1) is 24.0. The lowest BCUT2D eigenvalue weighted by Gasteiger charge is -2.45. The van der Waals surface area contributed by atoms with E-state index in [2.05, 4.69) is 4.98 Å². The van der Waals surface area contributed by atoms with E-state index in [0.29, 0.717) is 42.5 Å². The lowest BCUT2D eigenvalue weighted by molar-refractivity contribution is -0.948. The standard InChI is InChI=1S/C27H31N5O4/c28-25(35)27(31-14-4-1-5-15-31)12-16-30(17-13-27)23(33)18-19-8-10-20(11-9-19)32-24(34)21-6-2-3-7-22(21)29-26(32)36/h2-3,6-11H,1,4-5,12-18H2,(H2,28,35)(H,29,36)/p+1. The summed E-state index contributed by atoms with van der Waals surface area (Å²) in [5.41, 5.74) is 6.14. The maximum absolute atomic E-state index is 13.0. The summed E-state index contributed by atoms with van der Waals surface area (Å²) < 4.78 is 1.10. The highest BCUT2D eigenvalue weighted by molar-refractivity contribution is 5.84. The fourth-order valence-electron chi connectivity index (χ4n) is 5.82. The number of rotatable bonds is 5. The molecule has 9 heteroatoms. The number of piperidine rings is 2. The van der Waals surface area contributed by atoms with Crippen LogP contribution in [0.1, 0.15) is 37.7 Å². The number of nitrogens with zero attached hydrogens (tertiary/aromatic N) is 2. The van der Waals surface area contributed by atoms with Gasteiger partial charge in [0.1, 0.15) is 0 Å². The van der Waals surface area contributed by atoms with Gasteiger partial charge < -0.3 is 20.5 Å². The molecule has 0 saturated carbocycles. The molecule has 0 spiro atoms. The van der Waals surface area contributed by atoms with E-state index in [1.165, 1.54) is 11.3 Å². The van der Waals surface area contributed by atoms with E-state index in [-0.39, 0.29) is 23.8 Å². The van der Waals surface area contributed by atoms with Crippen LogP contribution in [0, 0.1) is 0 Å². The Balaban J connectivity index is 1.27. The second-order valence-corrected chi connectivity index (χ2v) is 9.95. The van der Waals surface area contributed by atoms with Gasteiger partial charge in [0.2, 0.25) is 5.91 Å². The average Bonchev–Trinajstić information content (AvgIpc) is 2.90. The third-order valence-corrected chi connectivity index (χ3v) is 7.93. The molecule has 0 atom stereocenters. The van der Waals surface area contributed by atoms with Gasteiger partial charge >= 0.3 is 5.69 Å². The van der Waals surface area contributed by atoms with E-state index < -0.39 is 11.2 Å². The van der Waals surface area contributed by atoms with Gasteiger partial charge in [-0.15, -0.1) is 0 Å². The number of amides is 2. The largest absolute Gasteiger partial charge is 0.364 e. The van der Waals surface area contributed by atoms with E-state index in [9.17, 15) is 19.2 Å². The average molecular weight is 491 g/mol. The first-order valence-corrected chi connectivity index (χ1v) is 12.7. The van der Waals surface area contributed by atoms with Crippen LogP contribution in [0.3, 0.4) is 0 Å². The number of nitrogens with one attached hydrogen (secondary N) is 2. The van der Waals surface area contributed by atoms with Crippen molar-refractivity contribution >= 4 is 22.7 Å². The van der Waals surface area contributed by atoms with E-state index in [0.717, 1.165) is 36.1 Å². The second kappa shape index (κ2) is 9.73. The zero-order valence-corrected chi connectivity index (χ0v) is 20.3. The summed E-state index contributed by atoms with van der Waals surface area (Å²) in [4.78, 5) is 56.8. The van der Waals surface area contributed by atoms with Gasteiger partial charge in [0.05, 0.1) is 36.1 Å². The first-order valence-electron chi connectivity index (χ1n) is 12.7. The predicted molar refractivity (Wildman–Crippen MR) is 136 cm³/mol. The van der Waals surface area contributed by atoms with Crippen LogP contribution in [0.25, 0.3) is 16.6 Å². The Hall–Kier alpha value is -3.72. The van der Waals surface area contributed by atoms with Crippen molar-refractivity contribution in [2.24, 2.45) is 5.73 Å². The normalized spacial score (nSPS) is 18.3. The summed E-state index contributed by atoms with van der Waals surface area (Å²) in [6.07, 6.45) is 4.82. The second-order valence-electron chi connectivity index (χ2n) is 9.95. The molecule has 188 valence electrons. The van der Waals surface area contributed by atoms with E-state index in [4.69, 9.17) is 5.73 Å². The number of likely N-dealkylation sites (tertiary alicyclic amines) is 2. The van der Waals surface area contributed by atoms with Gasteiger partial charge in [-0.25, -0.2) is 9.36 Å². The molecule has 0 unspecified atom stereocenters. The highest BCUT2D eigenvalue weighted by atomic mass is 16.2. The third kappa shape index (κ3) is 4.35. The van der Waals surface area contributed by atoms with E-state index in [1.807, 2.05) is 4.90 Å². The predicted octanol–water partition coefficient (Wildman–Crippen LogP) is 0.137. The summed E-state index contributed by atoms with van der Waals surface area (Å²) in [5, 5.41) is 0.430. The summed E-state index contributed by atoms with van der Waals surface area (Å²) in [6, 6.07) is 13.8. The summed E-state index contributed by atoms with van der Waals surface area (Å²) in [5.74, 6) is -0.254. The number of carbonyl (C=O) groups is 2. The number of primary amides is 1. The molecule has 2 aliphatic rings. The Morgan fingerprint density at radius 1 is 0.944 bits per heavy atom. The molecule has 0 radical (unpaired) electrons. The Bertz CT molecular complexity index is 1390. The molecular formula is C27H32N5O4+. The number of benzene rings is 2. The van der Waals surface area contributed by atoms with Gasteiger partial charge in [-0.2, -0.15) is 0 Å². The van der Waals surface area contributed by atoms with Gasteiger partial charge in [0, 0.05) is 25.9 Å². The number of H-pyrrole nitrogens is 1. The summed E-state index contributed by atoms with van der Waals surface area (Å²) in [6.45, 7) is 2.97. The Morgan fingerprint density at radius 2 is 1.61 bits per heavy atom. The Kier molecular flexibility index (Phi) is 6.49. The molecule has 5 rings (SSSR count). The monoisotopic (exact) mass is 490 g/mol. The van der Waals surface area contributed by atoms with Crippen LogP contribution in [0.4, 0.5) is 0 Å². The molecule has 2 aliphatic heterocycles. The molecule has 1 aromatic heterocycles. The summed E-state index contributed by atoms with van der Waals surface area (Å²) in [7, 11) is 0. The molecule has 2 saturated heterocycles. The van der Waals surface area contributed by atoms with Gasteiger partial charge in [-0.1, -0.05) is 24.3 Å². The number of quaternary nitrogens is 1. The lowest BCUT2D eigenvalue weighted by Crippen LogP contribution is -3.22. The van der Waals surface area contributed by atoms with Crippen molar-refractivity contribution in [1.82, 2.24) is 14.5 Å². The van der Waals surface area contributed by atoms with Crippen LogP contribution in [-0.2, 0) is 16.0 Å². The number of hydrogen-bond acceptors (Lipinski definition) is 4. The van der Waals surface area contributed by atoms with Crippen molar-refractivity contribution in [3.05, 3.63) is 74.9 Å². The molecule has 3 heterocycles. The number of fused-ring (bicyclic) bond motifs is 1. The zero-order valence-electron chi connectivity index (χ0n) is 20.3. The fraction of sp³-hybridized carbons (Fsp3) is 0.407. The van der Waals surface area contributed by atoms with Gasteiger partial charge in [-0.05, 0) is 49.1 Å². The number of hydrogen-bond donors (Lipinski definition) is 3. The first-order chi connectivity index (χ1) is 17.4. The van der Waals surface area contributed by atoms with Gasteiger partial charge in [-0.3, -0.25) is 14.4 Å². The van der Waals surface area contributed by atoms with Crippen molar-refractivity contribution < 1.29 is 14.5 Å². The third-order valence-electron chi connectivity index (χ3n) is 7.93. The number of aromatic amines is 1. The fourth-order valence-corrected chi connectivity index (χ4v) is 5.82. The maximum atomic E-state index is 13.0. The molecule has 2 fully saturated rings. The van der Waals surface area contributed by atoms with Crippen molar-refractivity contribution in [2.45, 2.75) is 44.1 Å². The molecule has 2 amide bonds. The number of aromatic nitrogens is 2. The van der Waals surface area contributed by atoms with Gasteiger partial charge in [0.15, 0.2) is 5.54 Å². The lowest BCUT2D eigenvalue weighted by atomic mass is 9.83. The maximum Gasteiger partial charge on any atom is 0.333 e. The summed E-state index contributed by atoms with van der Waals surface area (Å²) >= 11 is 0. The molecule has 4 N–H and O–H groups in total. The van der Waals surface area contributed by atoms with Crippen molar-refractivity contribution in [3.63, 3.8) is 0 Å². The quantitative estimate of drug-likeness (QED) is 0.471. The molecule has 3 aromatic rings. The Morgan fingerprint density at radius 3 is 2.28 bits per heavy atom. The molecule has 36 heavy (non-hydrogen) atoms. The minimum absolute atomic E-state index is 0.00446. The van der Waals surface area contributed by atoms with E-state index in [1.54, 1.807) is 48.5 Å². The zero-order chi connectivity index (χ0) is 25.3. The SMILES string of the molecule is NC(=O)C1([NH+]2CCCCC2)CCN(C(=O)Cc2ccc(-n3c(=O)[nH]c4ccccc4c3=O)cc2)CC1. The van der Waals surface area contributed by atoms with E-state index >= 15 is 0 Å². The molecule has 2 aromatic carbocycles. The molecule has 0 bridgehead atoms. The van der Waals surface area contributed by atoms with Crippen LogP contribution in [-0.4, -0.2) is 58.0 Å². The molecular weight excluding hydrogens is 458 g/mol. The smallest absolute Gasteiger partial charge is 0.333 e. The minimum atomic E-state index is -0.570. The van der Waals surface area contributed by atoms with Crippen LogP contribution in [0.2, 0.25) is 0 Å². The molecule has 0 aliphatic carbocycles. The highest BCUT2D eigenvalue weighted by Gasteiger charge is 2.49. The van der Waals surface area contributed by atoms with Gasteiger partial charge in [0.25, 0.3) is 11.5 Å². The number of para-hydroxylation sites is 1. The highest BCUT2D eigenvalue weighted by Crippen LogP contribution is 2.21. The Labute approximate surface area is 208 Å². The minimum Gasteiger partial charge on any atom is -0.364 e. The number of carbonyl (C=O) groups excluding carboxylic acids is 2. The van der Waals surface area contributed by atoms with Crippen LogP contribution >= 0.6 is 0 Å². The van der Waals surface area contributed by atoms with Crippen LogP contribution in [0.15, 0.2) is 58.1 Å². The van der Waals surface area contributed by atoms with Crippen LogP contribution < -0.4 is 21.9 Å². The van der Waals surface area contributed by atoms with Crippen LogP contribution in [0.5, 0.6) is 0 Å². The number of nitrogens with two attached hydrogens (primary N) is 1.